The molecular weight excluding hydrogens is 284 g/mol. The predicted octanol–water partition coefficient (Wildman–Crippen LogP) is 2.75. The Labute approximate surface area is 130 Å². The first-order chi connectivity index (χ1) is 10.1. The Kier molecular flexibility index (Phi) is 4.20. The number of aliphatic carboxylic acids is 2. The second kappa shape index (κ2) is 5.52. The Balaban J connectivity index is 2.48. The highest BCUT2D eigenvalue weighted by Gasteiger charge is 2.63. The molecule has 0 saturated heterocycles. The molecule has 0 radical (unpaired) electrons. The summed E-state index contributed by atoms with van der Waals surface area (Å²) < 4.78 is 0. The van der Waals surface area contributed by atoms with E-state index in [0.717, 1.165) is 19.3 Å². The average molecular weight is 308 g/mol. The molecule has 122 valence electrons. The summed E-state index contributed by atoms with van der Waals surface area (Å²) in [6.45, 7) is 4.53. The van der Waals surface area contributed by atoms with Gasteiger partial charge in [-0.25, -0.2) is 0 Å². The van der Waals surface area contributed by atoms with Crippen molar-refractivity contribution in [2.75, 3.05) is 0 Å². The molecule has 0 aliphatic heterocycles. The summed E-state index contributed by atoms with van der Waals surface area (Å²) in [7, 11) is 0. The summed E-state index contributed by atoms with van der Waals surface area (Å²) in [5, 5.41) is 19.3. The minimum Gasteiger partial charge on any atom is -0.480 e. The number of Topliss-reactive ketones (excluding diaryl/α,β-unsaturated/α-hetero) is 1. The monoisotopic (exact) mass is 308 g/mol. The highest BCUT2D eigenvalue weighted by molar-refractivity contribution is 6.20. The first kappa shape index (κ1) is 16.7. The van der Waals surface area contributed by atoms with E-state index in [2.05, 4.69) is 6.08 Å². The minimum absolute atomic E-state index is 0.0355. The van der Waals surface area contributed by atoms with Gasteiger partial charge in [-0.1, -0.05) is 32.9 Å². The number of allylic oxidation sites excluding steroid dienone is 2. The molecule has 0 aromatic heterocycles. The Hall–Kier alpha value is -1.65. The molecule has 0 heterocycles. The van der Waals surface area contributed by atoms with Crippen LogP contribution in [0.4, 0.5) is 0 Å². The summed E-state index contributed by atoms with van der Waals surface area (Å²) in [6, 6.07) is 0. The SMILES string of the molecule is CC(C)(C)C(C(=O)O)(C(=O)O)C(=O)C1CCC2C=CC1CC2. The zero-order valence-electron chi connectivity index (χ0n) is 13.3. The average Bonchev–Trinajstić information content (AvgIpc) is 2.69. The Morgan fingerprint density at radius 3 is 1.86 bits per heavy atom. The molecule has 3 aliphatic carbocycles. The van der Waals surface area contributed by atoms with Crippen molar-refractivity contribution >= 4 is 17.7 Å². The van der Waals surface area contributed by atoms with Gasteiger partial charge in [0.1, 0.15) is 0 Å². The van der Waals surface area contributed by atoms with Crippen LogP contribution in [0.25, 0.3) is 0 Å². The van der Waals surface area contributed by atoms with Gasteiger partial charge in [0.25, 0.3) is 0 Å². The van der Waals surface area contributed by atoms with Gasteiger partial charge in [0.05, 0.1) is 0 Å². The van der Waals surface area contributed by atoms with Gasteiger partial charge >= 0.3 is 11.9 Å². The first-order valence-corrected chi connectivity index (χ1v) is 7.81. The molecule has 5 nitrogen and oxygen atoms in total. The number of carboxylic acids is 2. The largest absolute Gasteiger partial charge is 0.480 e. The standard InChI is InChI=1S/C17H24O5/c1-16(2,3)17(14(19)20,15(21)22)13(18)12-9-6-10-4-7-11(12)8-5-10/h4,7,10-12H,5-6,8-9H2,1-3H3,(H,19,20)(H,21,22). The molecule has 0 spiro atoms. The van der Waals surface area contributed by atoms with Crippen molar-refractivity contribution in [1.82, 2.24) is 0 Å². The summed E-state index contributed by atoms with van der Waals surface area (Å²) in [5.41, 5.74) is -3.59. The molecule has 2 bridgehead atoms. The normalized spacial score (nSPS) is 28.2. The van der Waals surface area contributed by atoms with Crippen LogP contribution in [0.3, 0.4) is 0 Å². The van der Waals surface area contributed by atoms with Gasteiger partial charge in [-0.15, -0.1) is 0 Å². The van der Waals surface area contributed by atoms with Crippen molar-refractivity contribution in [2.45, 2.75) is 46.5 Å². The second-order valence-corrected chi connectivity index (χ2v) is 7.54. The van der Waals surface area contributed by atoms with E-state index in [-0.39, 0.29) is 5.92 Å². The van der Waals surface area contributed by atoms with Gasteiger partial charge < -0.3 is 10.2 Å². The van der Waals surface area contributed by atoms with E-state index in [9.17, 15) is 24.6 Å². The summed E-state index contributed by atoms with van der Waals surface area (Å²) in [6.07, 6.45) is 7.30. The third-order valence-electron chi connectivity index (χ3n) is 5.34. The minimum atomic E-state index is -2.39. The molecule has 2 N–H and O–H groups in total. The number of hydrogen-bond donors (Lipinski definition) is 2. The molecule has 0 aromatic carbocycles. The number of carbonyl (C=O) groups is 3. The molecule has 0 aromatic rings. The third-order valence-corrected chi connectivity index (χ3v) is 5.34. The van der Waals surface area contributed by atoms with Crippen molar-refractivity contribution in [3.63, 3.8) is 0 Å². The first-order valence-electron chi connectivity index (χ1n) is 7.81. The maximum Gasteiger partial charge on any atom is 0.329 e. The molecule has 3 unspecified atom stereocenters. The lowest BCUT2D eigenvalue weighted by molar-refractivity contribution is -0.178. The predicted molar refractivity (Wildman–Crippen MR) is 80.2 cm³/mol. The van der Waals surface area contributed by atoms with E-state index in [1.54, 1.807) is 0 Å². The van der Waals surface area contributed by atoms with E-state index in [4.69, 9.17) is 0 Å². The molecule has 1 saturated carbocycles. The zero-order chi connectivity index (χ0) is 16.7. The van der Waals surface area contributed by atoms with E-state index in [0.29, 0.717) is 12.3 Å². The summed E-state index contributed by atoms with van der Waals surface area (Å²) in [4.78, 5) is 36.8. The Bertz CT molecular complexity index is 512. The van der Waals surface area contributed by atoms with E-state index < -0.39 is 34.5 Å². The number of rotatable bonds is 4. The van der Waals surface area contributed by atoms with Gasteiger partial charge in [0.15, 0.2) is 5.78 Å². The van der Waals surface area contributed by atoms with Gasteiger partial charge in [0, 0.05) is 5.92 Å². The van der Waals surface area contributed by atoms with E-state index in [1.807, 2.05) is 6.08 Å². The topological polar surface area (TPSA) is 91.7 Å². The van der Waals surface area contributed by atoms with Crippen LogP contribution in [0, 0.1) is 28.6 Å². The van der Waals surface area contributed by atoms with Crippen LogP contribution in [-0.2, 0) is 14.4 Å². The molecule has 3 rings (SSSR count). The van der Waals surface area contributed by atoms with Gasteiger partial charge in [-0.05, 0) is 42.9 Å². The fourth-order valence-corrected chi connectivity index (χ4v) is 4.00. The molecule has 3 atom stereocenters. The van der Waals surface area contributed by atoms with Gasteiger partial charge in [-0.2, -0.15) is 0 Å². The molecule has 22 heavy (non-hydrogen) atoms. The van der Waals surface area contributed by atoms with Gasteiger partial charge in [0.2, 0.25) is 5.41 Å². The lowest BCUT2D eigenvalue weighted by Gasteiger charge is -2.39. The smallest absolute Gasteiger partial charge is 0.329 e. The Morgan fingerprint density at radius 1 is 0.909 bits per heavy atom. The van der Waals surface area contributed by atoms with Crippen LogP contribution in [0.2, 0.25) is 0 Å². The van der Waals surface area contributed by atoms with Crippen molar-refractivity contribution < 1.29 is 24.6 Å². The maximum absolute atomic E-state index is 13.1. The number of carbonyl (C=O) groups excluding carboxylic acids is 1. The fourth-order valence-electron chi connectivity index (χ4n) is 4.00. The van der Waals surface area contributed by atoms with Crippen LogP contribution < -0.4 is 0 Å². The van der Waals surface area contributed by atoms with Crippen LogP contribution in [-0.4, -0.2) is 27.9 Å². The van der Waals surface area contributed by atoms with Crippen molar-refractivity contribution in [3.05, 3.63) is 12.2 Å². The Morgan fingerprint density at radius 2 is 1.45 bits per heavy atom. The van der Waals surface area contributed by atoms with Crippen molar-refractivity contribution in [3.8, 4) is 0 Å². The van der Waals surface area contributed by atoms with Gasteiger partial charge in [-0.3, -0.25) is 14.4 Å². The van der Waals surface area contributed by atoms with E-state index >= 15 is 0 Å². The quantitative estimate of drug-likeness (QED) is 0.615. The number of fused-ring (bicyclic) bond motifs is 3. The van der Waals surface area contributed by atoms with Crippen molar-refractivity contribution in [1.29, 1.82) is 0 Å². The van der Waals surface area contributed by atoms with Crippen LogP contribution in [0.15, 0.2) is 12.2 Å². The summed E-state index contributed by atoms with van der Waals surface area (Å²) in [5.74, 6) is -3.87. The zero-order valence-corrected chi connectivity index (χ0v) is 13.3. The second-order valence-electron chi connectivity index (χ2n) is 7.54. The third kappa shape index (κ3) is 2.36. The molecule has 3 aliphatic rings. The molecule has 0 amide bonds. The van der Waals surface area contributed by atoms with Crippen LogP contribution >= 0.6 is 0 Å². The summed E-state index contributed by atoms with van der Waals surface area (Å²) >= 11 is 0. The molecular formula is C17H24O5. The lowest BCUT2D eigenvalue weighted by Crippen LogP contribution is -2.57. The van der Waals surface area contributed by atoms with E-state index in [1.165, 1.54) is 20.8 Å². The fraction of sp³-hybridized carbons (Fsp3) is 0.706. The number of ketones is 1. The highest BCUT2D eigenvalue weighted by atomic mass is 16.4. The lowest BCUT2D eigenvalue weighted by atomic mass is 9.59. The highest BCUT2D eigenvalue weighted by Crippen LogP contribution is 2.47. The maximum atomic E-state index is 13.1. The van der Waals surface area contributed by atoms with Crippen LogP contribution in [0.1, 0.15) is 46.5 Å². The number of carboxylic acid groups (broad SMARTS) is 2. The van der Waals surface area contributed by atoms with Crippen molar-refractivity contribution in [2.24, 2.45) is 28.6 Å². The molecule has 5 heteroatoms. The van der Waals surface area contributed by atoms with Crippen LogP contribution in [0.5, 0.6) is 0 Å². The molecule has 1 fully saturated rings. The number of hydrogen-bond acceptors (Lipinski definition) is 3.